The van der Waals surface area contributed by atoms with Gasteiger partial charge >= 0.3 is 0 Å². The van der Waals surface area contributed by atoms with E-state index in [1.807, 2.05) is 18.3 Å². The fourth-order valence-corrected chi connectivity index (χ4v) is 2.90. The molecule has 0 radical (unpaired) electrons. The van der Waals surface area contributed by atoms with Crippen molar-refractivity contribution in [1.82, 2.24) is 20.6 Å². The number of nitrogens with zero attached hydrogens (tertiary/aromatic N) is 3. The lowest BCUT2D eigenvalue weighted by Crippen LogP contribution is -2.36. The molecule has 1 saturated carbocycles. The molecule has 1 aliphatic rings. The highest BCUT2D eigenvalue weighted by molar-refractivity contribution is 7.11. The van der Waals surface area contributed by atoms with Crippen molar-refractivity contribution >= 4 is 17.3 Å². The molecule has 0 saturated heterocycles. The van der Waals surface area contributed by atoms with E-state index in [0.717, 1.165) is 29.1 Å². The van der Waals surface area contributed by atoms with E-state index in [1.165, 1.54) is 17.7 Å². The molecule has 6 nitrogen and oxygen atoms in total. The SMILES string of the molecule is CN=C(NCc1ccnc(OCC2CC2)c1)NCc1ncc(C)s1. The summed E-state index contributed by atoms with van der Waals surface area (Å²) >= 11 is 1.69. The average molecular weight is 345 g/mol. The number of aromatic nitrogens is 2. The predicted molar refractivity (Wildman–Crippen MR) is 96.3 cm³/mol. The third-order valence-electron chi connectivity index (χ3n) is 3.72. The van der Waals surface area contributed by atoms with Gasteiger partial charge in [0.15, 0.2) is 5.96 Å². The van der Waals surface area contributed by atoms with Gasteiger partial charge in [-0.1, -0.05) is 0 Å². The summed E-state index contributed by atoms with van der Waals surface area (Å²) in [7, 11) is 1.76. The number of hydrogen-bond donors (Lipinski definition) is 2. The molecule has 2 N–H and O–H groups in total. The summed E-state index contributed by atoms with van der Waals surface area (Å²) in [5, 5.41) is 7.62. The van der Waals surface area contributed by atoms with Gasteiger partial charge in [0.2, 0.25) is 5.88 Å². The monoisotopic (exact) mass is 345 g/mol. The van der Waals surface area contributed by atoms with Crippen molar-refractivity contribution in [2.24, 2.45) is 10.9 Å². The standard InChI is InChI=1S/C17H23N5OS/c1-12-8-20-16(24-12)10-22-17(18-2)21-9-14-5-6-19-15(7-14)23-11-13-3-4-13/h5-8,13H,3-4,9-11H2,1-2H3,(H2,18,21,22). The molecule has 1 fully saturated rings. The summed E-state index contributed by atoms with van der Waals surface area (Å²) in [4.78, 5) is 14.1. The first kappa shape index (κ1) is 16.7. The normalized spacial score (nSPS) is 14.5. The number of thiazole rings is 1. The van der Waals surface area contributed by atoms with Gasteiger partial charge in [-0.25, -0.2) is 9.97 Å². The molecule has 128 valence electrons. The van der Waals surface area contributed by atoms with Crippen molar-refractivity contribution < 1.29 is 4.74 Å². The molecule has 0 aliphatic heterocycles. The Kier molecular flexibility index (Phi) is 5.63. The minimum absolute atomic E-state index is 0.666. The molecule has 0 spiro atoms. The molecule has 2 aromatic heterocycles. The van der Waals surface area contributed by atoms with Crippen molar-refractivity contribution in [3.63, 3.8) is 0 Å². The van der Waals surface area contributed by atoms with Gasteiger partial charge in [0.25, 0.3) is 0 Å². The molecular formula is C17H23N5OS. The summed E-state index contributed by atoms with van der Waals surface area (Å²) in [6.45, 7) is 4.17. The Balaban J connectivity index is 1.46. The first-order chi connectivity index (χ1) is 11.7. The van der Waals surface area contributed by atoms with Crippen LogP contribution in [0.5, 0.6) is 5.88 Å². The van der Waals surface area contributed by atoms with Crippen LogP contribution in [-0.4, -0.2) is 29.6 Å². The topological polar surface area (TPSA) is 71.4 Å². The lowest BCUT2D eigenvalue weighted by Gasteiger charge is -2.11. The maximum absolute atomic E-state index is 5.72. The Morgan fingerprint density at radius 2 is 2.17 bits per heavy atom. The van der Waals surface area contributed by atoms with E-state index < -0.39 is 0 Å². The second kappa shape index (κ2) is 8.10. The lowest BCUT2D eigenvalue weighted by atomic mass is 10.2. The zero-order valence-electron chi connectivity index (χ0n) is 14.1. The third-order valence-corrected chi connectivity index (χ3v) is 4.64. The average Bonchev–Trinajstić information content (AvgIpc) is 3.34. The highest BCUT2D eigenvalue weighted by Gasteiger charge is 2.22. The van der Waals surface area contributed by atoms with E-state index in [1.54, 1.807) is 24.6 Å². The molecule has 2 heterocycles. The van der Waals surface area contributed by atoms with Gasteiger partial charge in [0.05, 0.1) is 13.2 Å². The van der Waals surface area contributed by atoms with Crippen LogP contribution in [0, 0.1) is 12.8 Å². The third kappa shape index (κ3) is 5.19. The first-order valence-electron chi connectivity index (χ1n) is 8.16. The van der Waals surface area contributed by atoms with E-state index >= 15 is 0 Å². The second-order valence-corrected chi connectivity index (χ2v) is 7.22. The van der Waals surface area contributed by atoms with E-state index in [9.17, 15) is 0 Å². The zero-order chi connectivity index (χ0) is 16.8. The van der Waals surface area contributed by atoms with Crippen molar-refractivity contribution in [3.05, 3.63) is 40.0 Å². The van der Waals surface area contributed by atoms with Crippen molar-refractivity contribution in [2.75, 3.05) is 13.7 Å². The van der Waals surface area contributed by atoms with Crippen LogP contribution in [0.3, 0.4) is 0 Å². The van der Waals surface area contributed by atoms with Crippen LogP contribution >= 0.6 is 11.3 Å². The van der Waals surface area contributed by atoms with Crippen molar-refractivity contribution in [2.45, 2.75) is 32.9 Å². The molecule has 24 heavy (non-hydrogen) atoms. The van der Waals surface area contributed by atoms with Gasteiger partial charge in [-0.2, -0.15) is 0 Å². The largest absolute Gasteiger partial charge is 0.477 e. The van der Waals surface area contributed by atoms with Crippen LogP contribution in [-0.2, 0) is 13.1 Å². The van der Waals surface area contributed by atoms with E-state index in [2.05, 4.69) is 32.5 Å². The van der Waals surface area contributed by atoms with E-state index in [-0.39, 0.29) is 0 Å². The summed E-state index contributed by atoms with van der Waals surface area (Å²) in [5.74, 6) is 2.17. The molecule has 7 heteroatoms. The number of pyridine rings is 1. The quantitative estimate of drug-likeness (QED) is 0.596. The second-order valence-electron chi connectivity index (χ2n) is 5.90. The number of nitrogens with one attached hydrogen (secondary N) is 2. The van der Waals surface area contributed by atoms with Gasteiger partial charge in [0, 0.05) is 36.9 Å². The Morgan fingerprint density at radius 3 is 2.88 bits per heavy atom. The lowest BCUT2D eigenvalue weighted by molar-refractivity contribution is 0.288. The zero-order valence-corrected chi connectivity index (χ0v) is 14.9. The number of ether oxygens (including phenoxy) is 1. The molecule has 3 rings (SSSR count). The molecule has 0 atom stereocenters. The summed E-state index contributed by atoms with van der Waals surface area (Å²) in [5.41, 5.74) is 1.11. The number of rotatable bonds is 7. The minimum Gasteiger partial charge on any atom is -0.477 e. The Labute approximate surface area is 146 Å². The molecular weight excluding hydrogens is 322 g/mol. The number of aryl methyl sites for hydroxylation is 1. The van der Waals surface area contributed by atoms with Crippen LogP contribution in [0.25, 0.3) is 0 Å². The fraction of sp³-hybridized carbons (Fsp3) is 0.471. The van der Waals surface area contributed by atoms with Crippen LogP contribution in [0.1, 0.15) is 28.3 Å². The van der Waals surface area contributed by atoms with Gasteiger partial charge in [-0.05, 0) is 37.3 Å². The van der Waals surface area contributed by atoms with Crippen molar-refractivity contribution in [3.8, 4) is 5.88 Å². The number of aliphatic imine (C=N–C) groups is 1. The molecule has 0 unspecified atom stereocenters. The van der Waals surface area contributed by atoms with Crippen LogP contribution in [0.4, 0.5) is 0 Å². The van der Waals surface area contributed by atoms with Crippen LogP contribution in [0.2, 0.25) is 0 Å². The Morgan fingerprint density at radius 1 is 1.33 bits per heavy atom. The highest BCUT2D eigenvalue weighted by Crippen LogP contribution is 2.29. The molecule has 2 aromatic rings. The smallest absolute Gasteiger partial charge is 0.213 e. The van der Waals surface area contributed by atoms with Gasteiger partial charge in [-0.15, -0.1) is 11.3 Å². The molecule has 1 aliphatic carbocycles. The molecule has 0 aromatic carbocycles. The maximum Gasteiger partial charge on any atom is 0.213 e. The maximum atomic E-state index is 5.72. The van der Waals surface area contributed by atoms with E-state index in [4.69, 9.17) is 4.74 Å². The van der Waals surface area contributed by atoms with Crippen LogP contribution < -0.4 is 15.4 Å². The fourth-order valence-electron chi connectivity index (χ4n) is 2.18. The Bertz CT molecular complexity index is 696. The number of hydrogen-bond acceptors (Lipinski definition) is 5. The molecule has 0 amide bonds. The summed E-state index contributed by atoms with van der Waals surface area (Å²) in [6.07, 6.45) is 6.23. The predicted octanol–water partition coefficient (Wildman–Crippen LogP) is 2.50. The van der Waals surface area contributed by atoms with Crippen molar-refractivity contribution in [1.29, 1.82) is 0 Å². The van der Waals surface area contributed by atoms with Gasteiger partial charge in [0.1, 0.15) is 5.01 Å². The minimum atomic E-state index is 0.666. The number of guanidine groups is 1. The highest BCUT2D eigenvalue weighted by atomic mass is 32.1. The van der Waals surface area contributed by atoms with Gasteiger partial charge in [-0.3, -0.25) is 4.99 Å². The summed E-state index contributed by atoms with van der Waals surface area (Å²) < 4.78 is 5.72. The molecule has 0 bridgehead atoms. The van der Waals surface area contributed by atoms with Gasteiger partial charge < -0.3 is 15.4 Å². The summed E-state index contributed by atoms with van der Waals surface area (Å²) in [6, 6.07) is 3.96. The van der Waals surface area contributed by atoms with E-state index in [0.29, 0.717) is 19.0 Å². The Hall–Kier alpha value is -2.15. The van der Waals surface area contributed by atoms with Crippen LogP contribution in [0.15, 0.2) is 29.5 Å². The first-order valence-corrected chi connectivity index (χ1v) is 8.98.